The van der Waals surface area contributed by atoms with E-state index >= 15 is 0 Å². The van der Waals surface area contributed by atoms with Crippen molar-refractivity contribution >= 4 is 27.4 Å². The van der Waals surface area contributed by atoms with Crippen LogP contribution in [0.5, 0.6) is 0 Å². The first-order valence-electron chi connectivity index (χ1n) is 6.49. The van der Waals surface area contributed by atoms with Crippen molar-refractivity contribution in [1.29, 1.82) is 0 Å². The van der Waals surface area contributed by atoms with E-state index in [2.05, 4.69) is 54.0 Å². The van der Waals surface area contributed by atoms with Crippen LogP contribution in [0.1, 0.15) is 16.7 Å². The maximum absolute atomic E-state index is 6.33. The highest BCUT2D eigenvalue weighted by Crippen LogP contribution is 2.33. The third kappa shape index (κ3) is 1.91. The molecule has 0 atom stereocenters. The number of nitrogens with zero attached hydrogens (tertiary/aromatic N) is 2. The molecule has 3 rings (SSSR count). The first-order chi connectivity index (χ1) is 9.49. The number of benzene rings is 1. The van der Waals surface area contributed by atoms with Gasteiger partial charge in [-0.2, -0.15) is 0 Å². The molecule has 2 heterocycles. The molecule has 1 aromatic carbocycles. The summed E-state index contributed by atoms with van der Waals surface area (Å²) in [7, 11) is 0. The van der Waals surface area contributed by atoms with E-state index in [0.717, 1.165) is 26.9 Å². The third-order valence-corrected chi connectivity index (χ3v) is 4.06. The molecule has 0 bridgehead atoms. The molecule has 0 spiro atoms. The van der Waals surface area contributed by atoms with Crippen LogP contribution in [0.4, 0.5) is 5.82 Å². The highest BCUT2D eigenvalue weighted by atomic mass is 79.9. The first-order valence-corrected chi connectivity index (χ1v) is 7.28. The molecular formula is C16H16BrN3. The fourth-order valence-electron chi connectivity index (χ4n) is 2.66. The topological polar surface area (TPSA) is 43.3 Å². The fourth-order valence-corrected chi connectivity index (χ4v) is 3.21. The lowest BCUT2D eigenvalue weighted by atomic mass is 10.0. The minimum absolute atomic E-state index is 0.682. The van der Waals surface area contributed by atoms with Crippen molar-refractivity contribution in [2.24, 2.45) is 0 Å². The van der Waals surface area contributed by atoms with Gasteiger partial charge in [-0.25, -0.2) is 4.98 Å². The predicted molar refractivity (Wildman–Crippen MR) is 87.0 cm³/mol. The quantitative estimate of drug-likeness (QED) is 0.724. The van der Waals surface area contributed by atoms with E-state index in [9.17, 15) is 0 Å². The second-order valence-electron chi connectivity index (χ2n) is 5.15. The summed E-state index contributed by atoms with van der Waals surface area (Å²) in [6.07, 6.45) is 1.96. The lowest BCUT2D eigenvalue weighted by Crippen LogP contribution is -1.96. The van der Waals surface area contributed by atoms with Crippen molar-refractivity contribution in [3.63, 3.8) is 0 Å². The van der Waals surface area contributed by atoms with E-state index in [1.807, 2.05) is 17.5 Å². The molecule has 0 radical (unpaired) electrons. The first kappa shape index (κ1) is 13.2. The van der Waals surface area contributed by atoms with Crippen LogP contribution in [-0.2, 0) is 0 Å². The van der Waals surface area contributed by atoms with Crippen LogP contribution in [0.3, 0.4) is 0 Å². The maximum atomic E-state index is 6.33. The Morgan fingerprint density at radius 2 is 1.75 bits per heavy atom. The number of nitrogens with two attached hydrogens (primary N) is 1. The van der Waals surface area contributed by atoms with Gasteiger partial charge < -0.3 is 5.73 Å². The number of imidazole rings is 1. The Labute approximate surface area is 126 Å². The average Bonchev–Trinajstić information content (AvgIpc) is 2.68. The van der Waals surface area contributed by atoms with Crippen molar-refractivity contribution in [3.05, 3.63) is 51.6 Å². The van der Waals surface area contributed by atoms with Crippen molar-refractivity contribution < 1.29 is 0 Å². The normalized spacial score (nSPS) is 11.2. The van der Waals surface area contributed by atoms with E-state index in [1.165, 1.54) is 11.1 Å². The van der Waals surface area contributed by atoms with Gasteiger partial charge in [-0.15, -0.1) is 0 Å². The Morgan fingerprint density at radius 1 is 1.10 bits per heavy atom. The van der Waals surface area contributed by atoms with Gasteiger partial charge in [0, 0.05) is 16.2 Å². The van der Waals surface area contributed by atoms with Crippen LogP contribution in [0.2, 0.25) is 0 Å². The lowest BCUT2D eigenvalue weighted by molar-refractivity contribution is 1.16. The summed E-state index contributed by atoms with van der Waals surface area (Å²) in [5.74, 6) is 0.682. The summed E-state index contributed by atoms with van der Waals surface area (Å²) in [4.78, 5) is 4.76. The molecule has 3 aromatic rings. The summed E-state index contributed by atoms with van der Waals surface area (Å²) in [5.41, 5.74) is 12.7. The van der Waals surface area contributed by atoms with Crippen LogP contribution in [0.25, 0.3) is 16.9 Å². The molecule has 0 aliphatic heterocycles. The van der Waals surface area contributed by atoms with Crippen molar-refractivity contribution in [3.8, 4) is 11.3 Å². The van der Waals surface area contributed by atoms with Gasteiger partial charge >= 0.3 is 0 Å². The fraction of sp³-hybridized carbons (Fsp3) is 0.188. The lowest BCUT2D eigenvalue weighted by Gasteiger charge is -2.07. The number of nitrogen functional groups attached to an aromatic ring is 1. The summed E-state index contributed by atoms with van der Waals surface area (Å²) in [6.45, 7) is 6.23. The van der Waals surface area contributed by atoms with Gasteiger partial charge in [0.15, 0.2) is 0 Å². The summed E-state index contributed by atoms with van der Waals surface area (Å²) in [6, 6.07) is 8.29. The van der Waals surface area contributed by atoms with Crippen LogP contribution >= 0.6 is 15.9 Å². The molecule has 0 aliphatic rings. The molecule has 2 aromatic heterocycles. The number of rotatable bonds is 1. The average molecular weight is 330 g/mol. The molecule has 0 aliphatic carbocycles. The number of halogens is 1. The minimum Gasteiger partial charge on any atom is -0.383 e. The van der Waals surface area contributed by atoms with Gasteiger partial charge in [-0.3, -0.25) is 4.40 Å². The molecule has 0 saturated heterocycles. The summed E-state index contributed by atoms with van der Waals surface area (Å²) >= 11 is 3.51. The highest BCUT2D eigenvalue weighted by Gasteiger charge is 2.16. The molecule has 0 saturated carbocycles. The molecular weight excluding hydrogens is 314 g/mol. The maximum Gasteiger partial charge on any atom is 0.142 e. The van der Waals surface area contributed by atoms with Gasteiger partial charge in [0.25, 0.3) is 0 Å². The van der Waals surface area contributed by atoms with Crippen LogP contribution in [0.15, 0.2) is 34.9 Å². The summed E-state index contributed by atoms with van der Waals surface area (Å²) < 4.78 is 2.94. The molecule has 20 heavy (non-hydrogen) atoms. The van der Waals surface area contributed by atoms with Gasteiger partial charge in [0.05, 0.1) is 0 Å². The van der Waals surface area contributed by atoms with Gasteiger partial charge in [0.1, 0.15) is 17.2 Å². The Hall–Kier alpha value is -1.81. The van der Waals surface area contributed by atoms with E-state index in [-0.39, 0.29) is 0 Å². The van der Waals surface area contributed by atoms with Crippen molar-refractivity contribution in [2.45, 2.75) is 20.8 Å². The summed E-state index contributed by atoms with van der Waals surface area (Å²) in [5, 5.41) is 0. The van der Waals surface area contributed by atoms with Gasteiger partial charge in [-0.1, -0.05) is 18.2 Å². The largest absolute Gasteiger partial charge is 0.383 e. The Morgan fingerprint density at radius 3 is 2.40 bits per heavy atom. The van der Waals surface area contributed by atoms with Crippen LogP contribution < -0.4 is 5.73 Å². The molecule has 3 nitrogen and oxygen atoms in total. The second kappa shape index (κ2) is 4.63. The predicted octanol–water partition coefficient (Wildman–Crippen LogP) is 4.27. The molecule has 0 amide bonds. The molecule has 102 valence electrons. The molecule has 2 N–H and O–H groups in total. The highest BCUT2D eigenvalue weighted by molar-refractivity contribution is 9.10. The van der Waals surface area contributed by atoms with E-state index in [1.54, 1.807) is 0 Å². The van der Waals surface area contributed by atoms with Gasteiger partial charge in [-0.05, 0) is 59.5 Å². The monoisotopic (exact) mass is 329 g/mol. The van der Waals surface area contributed by atoms with Crippen molar-refractivity contribution in [1.82, 2.24) is 9.38 Å². The van der Waals surface area contributed by atoms with Crippen LogP contribution in [0, 0.1) is 20.8 Å². The zero-order valence-corrected chi connectivity index (χ0v) is 13.3. The molecule has 4 heteroatoms. The second-order valence-corrected chi connectivity index (χ2v) is 6.06. The van der Waals surface area contributed by atoms with Crippen LogP contribution in [-0.4, -0.2) is 9.38 Å². The third-order valence-electron chi connectivity index (χ3n) is 3.63. The number of aryl methyl sites for hydroxylation is 3. The molecule has 0 fully saturated rings. The zero-order valence-electron chi connectivity index (χ0n) is 11.7. The number of hydrogen-bond donors (Lipinski definition) is 1. The number of aromatic nitrogens is 2. The Balaban J connectivity index is 2.39. The standard InChI is InChI=1S/C16H16BrN3/c1-9-5-4-6-10(2)13(9)14-15(18)20-8-12(17)7-11(3)16(20)19-14/h4-8H,18H2,1-3H3. The Bertz CT molecular complexity index is 798. The van der Waals surface area contributed by atoms with Crippen molar-refractivity contribution in [2.75, 3.05) is 5.73 Å². The SMILES string of the molecule is Cc1cccc(C)c1-c1nc2c(C)cc(Br)cn2c1N. The zero-order chi connectivity index (χ0) is 14.4. The van der Waals surface area contributed by atoms with E-state index < -0.39 is 0 Å². The number of pyridine rings is 1. The number of anilines is 1. The molecule has 0 unspecified atom stereocenters. The number of hydrogen-bond acceptors (Lipinski definition) is 2. The Kier molecular flexibility index (Phi) is 3.05. The smallest absolute Gasteiger partial charge is 0.142 e. The van der Waals surface area contributed by atoms with Gasteiger partial charge in [0.2, 0.25) is 0 Å². The minimum atomic E-state index is 0.682. The van der Waals surface area contributed by atoms with E-state index in [4.69, 9.17) is 10.7 Å². The number of fused-ring (bicyclic) bond motifs is 1. The van der Waals surface area contributed by atoms with E-state index in [0.29, 0.717) is 5.82 Å².